The van der Waals surface area contributed by atoms with Crippen LogP contribution in [0.4, 0.5) is 11.6 Å². The van der Waals surface area contributed by atoms with Gasteiger partial charge in [0, 0.05) is 36.4 Å². The van der Waals surface area contributed by atoms with Crippen molar-refractivity contribution in [3.63, 3.8) is 0 Å². The van der Waals surface area contributed by atoms with Crippen molar-refractivity contribution >= 4 is 11.6 Å². The fourth-order valence-electron chi connectivity index (χ4n) is 3.05. The monoisotopic (exact) mass is 311 g/mol. The lowest BCUT2D eigenvalue weighted by Gasteiger charge is -2.22. The van der Waals surface area contributed by atoms with Crippen molar-refractivity contribution in [1.29, 1.82) is 0 Å². The molecule has 122 valence electrons. The molecule has 0 bridgehead atoms. The number of nitrogens with two attached hydrogens (primary N) is 1. The lowest BCUT2D eigenvalue weighted by Crippen LogP contribution is -2.25. The molecule has 1 aromatic carbocycles. The number of hydrogen-bond donors (Lipinski definition) is 2. The quantitative estimate of drug-likeness (QED) is 0.850. The summed E-state index contributed by atoms with van der Waals surface area (Å²) in [6.45, 7) is 7.93. The predicted molar refractivity (Wildman–Crippen MR) is 95.5 cm³/mol. The zero-order chi connectivity index (χ0) is 16.2. The first-order valence-corrected chi connectivity index (χ1v) is 8.44. The van der Waals surface area contributed by atoms with Gasteiger partial charge in [0.1, 0.15) is 0 Å². The Balaban J connectivity index is 2.14. The summed E-state index contributed by atoms with van der Waals surface area (Å²) in [6, 6.07) is 8.00. The van der Waals surface area contributed by atoms with Gasteiger partial charge in [0.2, 0.25) is 5.95 Å². The highest BCUT2D eigenvalue weighted by Gasteiger charge is 2.19. The van der Waals surface area contributed by atoms with Crippen LogP contribution in [0.3, 0.4) is 0 Å². The van der Waals surface area contributed by atoms with Crippen LogP contribution in [0, 0.1) is 0 Å². The summed E-state index contributed by atoms with van der Waals surface area (Å²) in [5, 5.41) is 3.46. The number of rotatable bonds is 4. The molecule has 0 unspecified atom stereocenters. The maximum atomic E-state index is 5.84. The van der Waals surface area contributed by atoms with Crippen LogP contribution in [0.25, 0.3) is 11.3 Å². The zero-order valence-electron chi connectivity index (χ0n) is 14.0. The van der Waals surface area contributed by atoms with Crippen LogP contribution >= 0.6 is 0 Å². The molecular weight excluding hydrogens is 286 g/mol. The van der Waals surface area contributed by atoms with E-state index in [4.69, 9.17) is 15.7 Å². The second-order valence-electron chi connectivity index (χ2n) is 5.87. The fraction of sp³-hybridized carbons (Fsp3) is 0.444. The maximum absolute atomic E-state index is 5.84. The van der Waals surface area contributed by atoms with Gasteiger partial charge in [0.05, 0.1) is 11.4 Å². The molecule has 0 saturated carbocycles. The van der Waals surface area contributed by atoms with Crippen LogP contribution in [0.5, 0.6) is 0 Å². The van der Waals surface area contributed by atoms with Gasteiger partial charge in [-0.3, -0.25) is 0 Å². The summed E-state index contributed by atoms with van der Waals surface area (Å²) in [5.41, 5.74) is 11.2. The summed E-state index contributed by atoms with van der Waals surface area (Å²) in [6.07, 6.45) is 2.13. The van der Waals surface area contributed by atoms with Gasteiger partial charge in [-0.25, -0.2) is 9.97 Å². The van der Waals surface area contributed by atoms with E-state index in [1.807, 2.05) is 12.1 Å². The number of aromatic nitrogens is 2. The van der Waals surface area contributed by atoms with Crippen LogP contribution in [-0.2, 0) is 13.0 Å². The molecule has 1 aliphatic rings. The average molecular weight is 311 g/mol. The van der Waals surface area contributed by atoms with Gasteiger partial charge in [0.15, 0.2) is 0 Å². The Kier molecular flexibility index (Phi) is 4.76. The van der Waals surface area contributed by atoms with Crippen molar-refractivity contribution in [3.05, 3.63) is 35.5 Å². The van der Waals surface area contributed by atoms with E-state index < -0.39 is 0 Å². The smallest absolute Gasteiger partial charge is 0.226 e. The van der Waals surface area contributed by atoms with Gasteiger partial charge in [0.25, 0.3) is 0 Å². The molecular formula is C18H25N5. The van der Waals surface area contributed by atoms with E-state index in [9.17, 15) is 0 Å². The van der Waals surface area contributed by atoms with Gasteiger partial charge in [-0.15, -0.1) is 0 Å². The van der Waals surface area contributed by atoms with E-state index in [2.05, 4.69) is 36.2 Å². The number of nitrogen functional groups attached to an aromatic ring is 1. The Bertz CT molecular complexity index is 662. The number of benzene rings is 1. The van der Waals surface area contributed by atoms with Crippen molar-refractivity contribution in [2.75, 3.05) is 30.3 Å². The van der Waals surface area contributed by atoms with Crippen molar-refractivity contribution in [3.8, 4) is 11.3 Å². The Morgan fingerprint density at radius 1 is 1.13 bits per heavy atom. The number of hydrogen-bond acceptors (Lipinski definition) is 5. The van der Waals surface area contributed by atoms with Crippen LogP contribution in [-0.4, -0.2) is 29.6 Å². The molecule has 23 heavy (non-hydrogen) atoms. The van der Waals surface area contributed by atoms with Crippen LogP contribution in [0.15, 0.2) is 24.3 Å². The van der Waals surface area contributed by atoms with Crippen LogP contribution < -0.4 is 16.0 Å². The SMILES string of the molecule is CCN(CC)c1nc2c(c(-c3ccc(N)cc3)n1)CCCNC2. The van der Waals surface area contributed by atoms with Crippen molar-refractivity contribution in [2.24, 2.45) is 0 Å². The molecule has 0 atom stereocenters. The van der Waals surface area contributed by atoms with E-state index in [-0.39, 0.29) is 0 Å². The summed E-state index contributed by atoms with van der Waals surface area (Å²) in [5.74, 6) is 0.823. The van der Waals surface area contributed by atoms with Gasteiger partial charge in [-0.2, -0.15) is 0 Å². The Hall–Kier alpha value is -2.14. The average Bonchev–Trinajstić information content (AvgIpc) is 2.81. The third-order valence-electron chi connectivity index (χ3n) is 4.38. The summed E-state index contributed by atoms with van der Waals surface area (Å²) >= 11 is 0. The van der Waals surface area contributed by atoms with E-state index >= 15 is 0 Å². The van der Waals surface area contributed by atoms with Crippen molar-refractivity contribution < 1.29 is 0 Å². The van der Waals surface area contributed by atoms with Crippen LogP contribution in [0.1, 0.15) is 31.5 Å². The third kappa shape index (κ3) is 3.29. The number of anilines is 2. The molecule has 0 saturated heterocycles. The highest BCUT2D eigenvalue weighted by molar-refractivity contribution is 5.67. The number of nitrogens with zero attached hydrogens (tertiary/aromatic N) is 3. The minimum atomic E-state index is 0.777. The highest BCUT2D eigenvalue weighted by atomic mass is 15.2. The fourth-order valence-corrected chi connectivity index (χ4v) is 3.05. The molecule has 0 amide bonds. The topological polar surface area (TPSA) is 67.1 Å². The van der Waals surface area contributed by atoms with Gasteiger partial charge >= 0.3 is 0 Å². The lowest BCUT2D eigenvalue weighted by molar-refractivity contribution is 0.673. The molecule has 0 aliphatic carbocycles. The Morgan fingerprint density at radius 2 is 1.87 bits per heavy atom. The third-order valence-corrected chi connectivity index (χ3v) is 4.38. The highest BCUT2D eigenvalue weighted by Crippen LogP contribution is 2.29. The summed E-state index contributed by atoms with van der Waals surface area (Å²) in [7, 11) is 0. The van der Waals surface area contributed by atoms with Gasteiger partial charge in [-0.05, 0) is 45.4 Å². The molecule has 0 spiro atoms. The molecule has 3 N–H and O–H groups in total. The first kappa shape index (κ1) is 15.7. The van der Waals surface area contributed by atoms with E-state index in [1.165, 1.54) is 5.56 Å². The zero-order valence-corrected chi connectivity index (χ0v) is 14.0. The normalized spacial score (nSPS) is 14.2. The van der Waals surface area contributed by atoms with E-state index in [0.29, 0.717) is 0 Å². The lowest BCUT2D eigenvalue weighted by atomic mass is 10.0. The summed E-state index contributed by atoms with van der Waals surface area (Å²) in [4.78, 5) is 12.0. The molecule has 0 radical (unpaired) electrons. The van der Waals surface area contributed by atoms with E-state index in [1.54, 1.807) is 0 Å². The molecule has 0 fully saturated rings. The van der Waals surface area contributed by atoms with Crippen molar-refractivity contribution in [2.45, 2.75) is 33.2 Å². The molecule has 1 aliphatic heterocycles. The first-order valence-electron chi connectivity index (χ1n) is 8.44. The second kappa shape index (κ2) is 6.96. The molecule has 5 nitrogen and oxygen atoms in total. The Labute approximate surface area is 137 Å². The van der Waals surface area contributed by atoms with E-state index in [0.717, 1.165) is 67.6 Å². The summed E-state index contributed by atoms with van der Waals surface area (Å²) < 4.78 is 0. The standard InChI is InChI=1S/C18H25N5/c1-3-23(4-2)18-21-16-12-20-11-5-6-15(16)17(22-18)13-7-9-14(19)10-8-13/h7-10,20H,3-6,11-12,19H2,1-2H3. The minimum absolute atomic E-state index is 0.777. The molecule has 3 rings (SSSR count). The maximum Gasteiger partial charge on any atom is 0.226 e. The largest absolute Gasteiger partial charge is 0.399 e. The second-order valence-corrected chi connectivity index (χ2v) is 5.87. The molecule has 5 heteroatoms. The minimum Gasteiger partial charge on any atom is -0.399 e. The van der Waals surface area contributed by atoms with Crippen molar-refractivity contribution in [1.82, 2.24) is 15.3 Å². The first-order chi connectivity index (χ1) is 11.2. The van der Waals surface area contributed by atoms with Gasteiger partial charge < -0.3 is 16.0 Å². The Morgan fingerprint density at radius 3 is 2.57 bits per heavy atom. The molecule has 2 aromatic rings. The van der Waals surface area contributed by atoms with Crippen LogP contribution in [0.2, 0.25) is 0 Å². The molecule has 1 aromatic heterocycles. The number of nitrogens with one attached hydrogen (secondary N) is 1. The van der Waals surface area contributed by atoms with Gasteiger partial charge in [-0.1, -0.05) is 12.1 Å². The number of fused-ring (bicyclic) bond motifs is 1. The predicted octanol–water partition coefficient (Wildman–Crippen LogP) is 2.61. The molecule has 2 heterocycles.